The average molecular weight is 422 g/mol. The molecule has 3 unspecified atom stereocenters. The summed E-state index contributed by atoms with van der Waals surface area (Å²) in [7, 11) is 0. The molecule has 1 heterocycles. The number of halogens is 1. The van der Waals surface area contributed by atoms with E-state index in [9.17, 15) is 19.8 Å². The zero-order valence-corrected chi connectivity index (χ0v) is 18.0. The number of aliphatic hydroxyl groups excluding tert-OH is 1. The minimum atomic E-state index is -1.56. The molecule has 0 aromatic carbocycles. The summed E-state index contributed by atoms with van der Waals surface area (Å²) in [6, 6.07) is 0. The Morgan fingerprint density at radius 2 is 1.93 bits per heavy atom. The highest BCUT2D eigenvalue weighted by atomic mass is 19.1. The van der Waals surface area contributed by atoms with Crippen molar-refractivity contribution in [2.24, 2.45) is 28.6 Å². The van der Waals surface area contributed by atoms with Crippen LogP contribution in [0.1, 0.15) is 59.8 Å². The summed E-state index contributed by atoms with van der Waals surface area (Å²) in [4.78, 5) is 24.6. The summed E-state index contributed by atoms with van der Waals surface area (Å²) in [6.07, 6.45) is 0.573. The third kappa shape index (κ3) is 2.29. The van der Waals surface area contributed by atoms with E-state index in [1.165, 1.54) is 6.08 Å². The third-order valence-electron chi connectivity index (χ3n) is 9.18. The van der Waals surface area contributed by atoms with Crippen molar-refractivity contribution in [3.8, 4) is 0 Å². The van der Waals surface area contributed by atoms with Crippen molar-refractivity contribution in [2.75, 3.05) is 0 Å². The Balaban J connectivity index is 1.61. The second kappa shape index (κ2) is 5.93. The molecule has 1 aliphatic heterocycles. The fraction of sp³-hybridized carbons (Fsp3) is 0.826. The predicted molar refractivity (Wildman–Crippen MR) is 104 cm³/mol. The van der Waals surface area contributed by atoms with Crippen LogP contribution in [-0.4, -0.2) is 51.7 Å². The van der Waals surface area contributed by atoms with E-state index in [0.717, 1.165) is 0 Å². The van der Waals surface area contributed by atoms with Gasteiger partial charge in [-0.25, -0.2) is 9.18 Å². The smallest absolute Gasteiger partial charge is 0.339 e. The Morgan fingerprint density at radius 1 is 1.23 bits per heavy atom. The normalized spacial score (nSPS) is 53.9. The van der Waals surface area contributed by atoms with Crippen LogP contribution >= 0.6 is 0 Å². The van der Waals surface area contributed by atoms with Crippen LogP contribution in [0.15, 0.2) is 11.6 Å². The van der Waals surface area contributed by atoms with Crippen LogP contribution in [0, 0.1) is 28.6 Å². The van der Waals surface area contributed by atoms with Gasteiger partial charge in [-0.15, -0.1) is 0 Å². The molecular weight excluding hydrogens is 391 g/mol. The Bertz CT molecular complexity index is 853. The predicted octanol–water partition coefficient (Wildman–Crippen LogP) is 3.02. The zero-order chi connectivity index (χ0) is 21.9. The molecule has 0 radical (unpaired) electrons. The molecule has 0 bridgehead atoms. The summed E-state index contributed by atoms with van der Waals surface area (Å²) in [5.41, 5.74) is -2.51. The molecule has 7 heteroatoms. The molecule has 9 atom stereocenters. The lowest BCUT2D eigenvalue weighted by Gasteiger charge is -2.60. The van der Waals surface area contributed by atoms with Gasteiger partial charge in [0.25, 0.3) is 0 Å². The van der Waals surface area contributed by atoms with Gasteiger partial charge in [0.15, 0.2) is 17.2 Å². The summed E-state index contributed by atoms with van der Waals surface area (Å²) in [5.74, 6) is -2.70. The van der Waals surface area contributed by atoms with Crippen LogP contribution in [0.5, 0.6) is 0 Å². The number of hydrogen-bond donors (Lipinski definition) is 2. The number of carbonyl (C=O) groups excluding carboxylic acids is 1. The molecule has 3 saturated carbocycles. The van der Waals surface area contributed by atoms with Gasteiger partial charge in [0.05, 0.1) is 6.10 Å². The van der Waals surface area contributed by atoms with Gasteiger partial charge in [-0.3, -0.25) is 4.79 Å². The van der Waals surface area contributed by atoms with Gasteiger partial charge < -0.3 is 19.7 Å². The van der Waals surface area contributed by atoms with Crippen LogP contribution in [0.3, 0.4) is 0 Å². The molecule has 5 aliphatic rings. The maximum atomic E-state index is 15.4. The molecular formula is C23H31FO6. The number of ketones is 1. The monoisotopic (exact) mass is 422 g/mol. The summed E-state index contributed by atoms with van der Waals surface area (Å²) in [6.45, 7) is 7.28. The second-order valence-corrected chi connectivity index (χ2v) is 11.1. The van der Waals surface area contributed by atoms with E-state index in [1.807, 2.05) is 13.8 Å². The summed E-state index contributed by atoms with van der Waals surface area (Å²) in [5, 5.41) is 21.7. The highest BCUT2D eigenvalue weighted by Gasteiger charge is 2.78. The largest absolute Gasteiger partial charge is 0.479 e. The highest BCUT2D eigenvalue weighted by molar-refractivity contribution is 5.92. The molecule has 6 nitrogen and oxygen atoms in total. The fourth-order valence-electron chi connectivity index (χ4n) is 8.16. The Hall–Kier alpha value is -1.31. The van der Waals surface area contributed by atoms with Crippen molar-refractivity contribution in [1.29, 1.82) is 0 Å². The van der Waals surface area contributed by atoms with E-state index in [4.69, 9.17) is 9.47 Å². The van der Waals surface area contributed by atoms with Gasteiger partial charge >= 0.3 is 5.97 Å². The van der Waals surface area contributed by atoms with Crippen molar-refractivity contribution in [2.45, 2.75) is 89.6 Å². The molecule has 1 saturated heterocycles. The standard InChI is InChI=1S/C23H31FO6/c1-20(2)29-17-9-13-12-8-15(24)14-7-11(25)5-6-21(14,3)18(12)16(26)10-22(13,4)23(17,30-20)19(27)28/h7,12-13,15-18,26H,5-6,8-10H2,1-4H3,(H,27,28)/t12?,13?,15-,16-,17+,18?,21-,22-,23-/m0/s1. The number of ether oxygens (including phenoxy) is 2. The van der Waals surface area contributed by atoms with Crippen molar-refractivity contribution < 1.29 is 33.7 Å². The van der Waals surface area contributed by atoms with Crippen LogP contribution in [0.4, 0.5) is 4.39 Å². The SMILES string of the molecule is CC1(C)O[C@@H]2CC3C4C[C@H](F)C5=CC(=O)CC[C@]5(C)C4[C@@H](O)C[C@]3(C)[C@]2(C(=O)O)O1. The topological polar surface area (TPSA) is 93.1 Å². The maximum Gasteiger partial charge on any atom is 0.339 e. The molecule has 2 N–H and O–H groups in total. The number of rotatable bonds is 1. The first-order chi connectivity index (χ1) is 13.9. The lowest BCUT2D eigenvalue weighted by Crippen LogP contribution is -2.64. The van der Waals surface area contributed by atoms with Crippen LogP contribution in [0.2, 0.25) is 0 Å². The Morgan fingerprint density at radius 3 is 2.60 bits per heavy atom. The van der Waals surface area contributed by atoms with E-state index < -0.39 is 46.6 Å². The third-order valence-corrected chi connectivity index (χ3v) is 9.18. The molecule has 0 spiro atoms. The first-order valence-corrected chi connectivity index (χ1v) is 11.0. The van der Waals surface area contributed by atoms with Gasteiger partial charge in [0.1, 0.15) is 12.3 Å². The van der Waals surface area contributed by atoms with Crippen molar-refractivity contribution in [3.05, 3.63) is 11.6 Å². The van der Waals surface area contributed by atoms with E-state index >= 15 is 4.39 Å². The van der Waals surface area contributed by atoms with E-state index in [2.05, 4.69) is 0 Å². The second-order valence-electron chi connectivity index (χ2n) is 11.1. The van der Waals surface area contributed by atoms with E-state index in [-0.39, 0.29) is 36.4 Å². The molecule has 0 aromatic rings. The van der Waals surface area contributed by atoms with Crippen LogP contribution in [-0.2, 0) is 19.1 Å². The Kier molecular flexibility index (Phi) is 4.07. The molecule has 4 aliphatic carbocycles. The molecule has 4 fully saturated rings. The summed E-state index contributed by atoms with van der Waals surface area (Å²) >= 11 is 0. The van der Waals surface area contributed by atoms with E-state index in [1.54, 1.807) is 13.8 Å². The van der Waals surface area contributed by atoms with Gasteiger partial charge in [-0.2, -0.15) is 0 Å². The maximum absolute atomic E-state index is 15.4. The van der Waals surface area contributed by atoms with Crippen LogP contribution in [0.25, 0.3) is 0 Å². The fourth-order valence-corrected chi connectivity index (χ4v) is 8.16. The molecule has 5 rings (SSSR count). The molecule has 0 aromatic heterocycles. The molecule has 30 heavy (non-hydrogen) atoms. The van der Waals surface area contributed by atoms with Crippen molar-refractivity contribution in [1.82, 2.24) is 0 Å². The first kappa shape index (κ1) is 20.6. The van der Waals surface area contributed by atoms with E-state index in [0.29, 0.717) is 24.8 Å². The quantitative estimate of drug-likeness (QED) is 0.675. The van der Waals surface area contributed by atoms with Crippen molar-refractivity contribution >= 4 is 11.8 Å². The Labute approximate surface area is 175 Å². The number of fused-ring (bicyclic) bond motifs is 7. The number of aliphatic carboxylic acids is 1. The number of carbonyl (C=O) groups is 2. The number of carboxylic acid groups (broad SMARTS) is 1. The number of aliphatic hydroxyl groups is 1. The molecule has 0 amide bonds. The number of carboxylic acids is 1. The average Bonchev–Trinajstić information content (AvgIpc) is 3.03. The van der Waals surface area contributed by atoms with Gasteiger partial charge in [-0.05, 0) is 74.3 Å². The summed E-state index contributed by atoms with van der Waals surface area (Å²) < 4.78 is 27.6. The van der Waals surface area contributed by atoms with Gasteiger partial charge in [0, 0.05) is 11.8 Å². The first-order valence-electron chi connectivity index (χ1n) is 11.0. The number of hydrogen-bond acceptors (Lipinski definition) is 5. The van der Waals surface area contributed by atoms with Gasteiger partial charge in [0.2, 0.25) is 0 Å². The lowest BCUT2D eigenvalue weighted by atomic mass is 9.45. The zero-order valence-electron chi connectivity index (χ0n) is 18.0. The lowest BCUT2D eigenvalue weighted by molar-refractivity contribution is -0.235. The minimum Gasteiger partial charge on any atom is -0.479 e. The number of allylic oxidation sites excluding steroid dienone is 1. The highest BCUT2D eigenvalue weighted by Crippen LogP contribution is 2.70. The van der Waals surface area contributed by atoms with Crippen molar-refractivity contribution in [3.63, 3.8) is 0 Å². The van der Waals surface area contributed by atoms with Gasteiger partial charge in [-0.1, -0.05) is 13.8 Å². The minimum absolute atomic E-state index is 0.0528. The van der Waals surface area contributed by atoms with Crippen LogP contribution < -0.4 is 0 Å². The number of alkyl halides is 1. The molecule has 166 valence electrons.